The molecule has 0 aromatic carbocycles. The van der Waals surface area contributed by atoms with E-state index >= 15 is 0 Å². The van der Waals surface area contributed by atoms with Gasteiger partial charge in [-0.2, -0.15) is 0 Å². The van der Waals surface area contributed by atoms with Gasteiger partial charge in [0, 0.05) is 12.8 Å². The molecule has 0 rings (SSSR count). The molecule has 0 aromatic rings. The third-order valence-corrected chi connectivity index (χ3v) is 4.06. The van der Waals surface area contributed by atoms with Crippen molar-refractivity contribution in [3.63, 3.8) is 0 Å². The van der Waals surface area contributed by atoms with E-state index in [9.17, 15) is 33.6 Å². The van der Waals surface area contributed by atoms with E-state index in [1.807, 2.05) is 0 Å². The molecule has 0 aliphatic rings. The molecule has 10 N–H and O–H groups in total. The highest BCUT2D eigenvalue weighted by atomic mass is 16.4. The number of aliphatic carboxylic acids is 3. The lowest BCUT2D eigenvalue weighted by Gasteiger charge is -2.23. The van der Waals surface area contributed by atoms with Crippen molar-refractivity contribution in [2.24, 2.45) is 11.5 Å². The Morgan fingerprint density at radius 1 is 0.750 bits per heavy atom. The molecule has 0 aliphatic heterocycles. The van der Waals surface area contributed by atoms with Crippen molar-refractivity contribution in [1.82, 2.24) is 16.0 Å². The number of nitrogens with two attached hydrogens (primary N) is 2. The lowest BCUT2D eigenvalue weighted by Crippen LogP contribution is -2.56. The van der Waals surface area contributed by atoms with Crippen LogP contribution in [-0.2, 0) is 33.6 Å². The fourth-order valence-corrected chi connectivity index (χ4v) is 2.32. The molecule has 0 bridgehead atoms. The molecule has 32 heavy (non-hydrogen) atoms. The van der Waals surface area contributed by atoms with Crippen LogP contribution in [-0.4, -0.2) is 81.0 Å². The van der Waals surface area contributed by atoms with Gasteiger partial charge < -0.3 is 42.7 Å². The fraction of sp³-hybridized carbons (Fsp3) is 0.588. The van der Waals surface area contributed by atoms with Crippen LogP contribution in [0.3, 0.4) is 0 Å². The third kappa shape index (κ3) is 11.4. The first-order chi connectivity index (χ1) is 14.7. The van der Waals surface area contributed by atoms with Gasteiger partial charge in [-0.1, -0.05) is 0 Å². The van der Waals surface area contributed by atoms with E-state index in [0.717, 1.165) is 0 Å². The summed E-state index contributed by atoms with van der Waals surface area (Å²) in [6.07, 6.45) is -2.32. The molecule has 0 aliphatic carbocycles. The summed E-state index contributed by atoms with van der Waals surface area (Å²) in [5.41, 5.74) is 10.3. The van der Waals surface area contributed by atoms with Crippen LogP contribution in [0.5, 0.6) is 0 Å². The molecular weight excluding hydrogens is 434 g/mol. The lowest BCUT2D eigenvalue weighted by atomic mass is 10.1. The summed E-state index contributed by atoms with van der Waals surface area (Å²) < 4.78 is 0. The summed E-state index contributed by atoms with van der Waals surface area (Å²) in [4.78, 5) is 80.2. The number of rotatable bonds is 15. The molecule has 0 heterocycles. The molecular formula is C17H27N5O10. The van der Waals surface area contributed by atoms with Crippen LogP contribution < -0.4 is 27.4 Å². The van der Waals surface area contributed by atoms with Gasteiger partial charge in [0.05, 0.1) is 12.5 Å². The Morgan fingerprint density at radius 3 is 1.75 bits per heavy atom. The van der Waals surface area contributed by atoms with Crippen LogP contribution in [0.2, 0.25) is 0 Å². The van der Waals surface area contributed by atoms with E-state index in [2.05, 4.69) is 16.0 Å². The van der Waals surface area contributed by atoms with Gasteiger partial charge in [-0.05, 0) is 19.8 Å². The number of carbonyl (C=O) groups is 7. The van der Waals surface area contributed by atoms with Crippen LogP contribution in [0.4, 0.5) is 0 Å². The van der Waals surface area contributed by atoms with Crippen LogP contribution in [0.15, 0.2) is 0 Å². The van der Waals surface area contributed by atoms with Gasteiger partial charge in [-0.15, -0.1) is 0 Å². The maximum absolute atomic E-state index is 12.5. The number of nitrogens with one attached hydrogen (secondary N) is 3. The van der Waals surface area contributed by atoms with Gasteiger partial charge in [0.2, 0.25) is 23.6 Å². The van der Waals surface area contributed by atoms with Gasteiger partial charge in [0.25, 0.3) is 0 Å². The number of carboxylic acid groups (broad SMARTS) is 3. The zero-order chi connectivity index (χ0) is 25.0. The minimum absolute atomic E-state index is 0.329. The van der Waals surface area contributed by atoms with Gasteiger partial charge in [-0.25, -0.2) is 4.79 Å². The quantitative estimate of drug-likeness (QED) is 0.118. The first-order valence-corrected chi connectivity index (χ1v) is 9.36. The van der Waals surface area contributed by atoms with Crippen molar-refractivity contribution in [2.45, 2.75) is 63.2 Å². The Bertz CT molecular complexity index is 756. The van der Waals surface area contributed by atoms with Crippen molar-refractivity contribution in [3.05, 3.63) is 0 Å². The van der Waals surface area contributed by atoms with Gasteiger partial charge in [-0.3, -0.25) is 28.8 Å². The molecule has 15 heteroatoms. The molecule has 0 spiro atoms. The summed E-state index contributed by atoms with van der Waals surface area (Å²) >= 11 is 0. The number of carboxylic acids is 3. The summed E-state index contributed by atoms with van der Waals surface area (Å²) in [6, 6.07) is -5.73. The second kappa shape index (κ2) is 13.5. The molecule has 0 aromatic heterocycles. The molecule has 0 saturated heterocycles. The minimum Gasteiger partial charge on any atom is -0.481 e. The molecule has 4 atom stereocenters. The fourth-order valence-electron chi connectivity index (χ4n) is 2.32. The molecule has 180 valence electrons. The van der Waals surface area contributed by atoms with Crippen LogP contribution in [0.25, 0.3) is 0 Å². The van der Waals surface area contributed by atoms with Crippen molar-refractivity contribution in [1.29, 1.82) is 0 Å². The highest BCUT2D eigenvalue weighted by Gasteiger charge is 2.29. The molecule has 0 radical (unpaired) electrons. The summed E-state index contributed by atoms with van der Waals surface area (Å²) in [6.45, 7) is 1.21. The molecule has 0 saturated carbocycles. The van der Waals surface area contributed by atoms with E-state index in [1.54, 1.807) is 0 Å². The number of hydrogen-bond acceptors (Lipinski definition) is 8. The average Bonchev–Trinajstić information content (AvgIpc) is 2.66. The highest BCUT2D eigenvalue weighted by Crippen LogP contribution is 2.03. The van der Waals surface area contributed by atoms with Crippen molar-refractivity contribution in [3.8, 4) is 0 Å². The van der Waals surface area contributed by atoms with Crippen molar-refractivity contribution in [2.75, 3.05) is 0 Å². The largest absolute Gasteiger partial charge is 0.481 e. The highest BCUT2D eigenvalue weighted by molar-refractivity contribution is 5.94. The Hall–Kier alpha value is -3.75. The van der Waals surface area contributed by atoms with E-state index in [4.69, 9.17) is 26.8 Å². The van der Waals surface area contributed by atoms with E-state index in [0.29, 0.717) is 0 Å². The molecule has 4 amide bonds. The summed E-state index contributed by atoms with van der Waals surface area (Å²) in [5, 5.41) is 33.1. The lowest BCUT2D eigenvalue weighted by molar-refractivity contribution is -0.143. The first kappa shape index (κ1) is 28.2. The average molecular weight is 461 g/mol. The second-order valence-electron chi connectivity index (χ2n) is 6.83. The normalized spacial score (nSPS) is 14.2. The van der Waals surface area contributed by atoms with Crippen LogP contribution >= 0.6 is 0 Å². The standard InChI is InChI=1S/C17H27N5O10/c1-7(20-15(29)8(18)6-13(26)27)14(28)21-9(3-5-12(24)25)16(30)22-10(17(31)32)2-4-11(19)23/h7-10H,2-6,18H2,1H3,(H2,19,23)(H,20,29)(H,21,28)(H,22,30)(H,24,25)(H,26,27)(H,31,32). The number of primary amides is 1. The van der Waals surface area contributed by atoms with Crippen molar-refractivity contribution < 1.29 is 48.9 Å². The monoisotopic (exact) mass is 461 g/mol. The Balaban J connectivity index is 5.21. The van der Waals surface area contributed by atoms with E-state index in [-0.39, 0.29) is 12.8 Å². The second-order valence-corrected chi connectivity index (χ2v) is 6.83. The number of hydrogen-bond donors (Lipinski definition) is 8. The SMILES string of the molecule is CC(NC(=O)C(N)CC(=O)O)C(=O)NC(CCC(=O)O)C(=O)NC(CCC(N)=O)C(=O)O. The van der Waals surface area contributed by atoms with Crippen LogP contribution in [0, 0.1) is 0 Å². The van der Waals surface area contributed by atoms with E-state index < -0.39 is 85.0 Å². The van der Waals surface area contributed by atoms with Crippen molar-refractivity contribution >= 4 is 41.5 Å². The Kier molecular flexibility index (Phi) is 11.9. The Morgan fingerprint density at radius 2 is 1.28 bits per heavy atom. The molecule has 15 nitrogen and oxygen atoms in total. The summed E-state index contributed by atoms with van der Waals surface area (Å²) in [5.74, 6) is -7.81. The third-order valence-electron chi connectivity index (χ3n) is 4.06. The summed E-state index contributed by atoms with van der Waals surface area (Å²) in [7, 11) is 0. The predicted molar refractivity (Wildman–Crippen MR) is 105 cm³/mol. The molecule has 0 fully saturated rings. The predicted octanol–water partition coefficient (Wildman–Crippen LogP) is -3.52. The first-order valence-electron chi connectivity index (χ1n) is 9.36. The molecule has 4 unspecified atom stereocenters. The van der Waals surface area contributed by atoms with Gasteiger partial charge in [0.1, 0.15) is 18.1 Å². The van der Waals surface area contributed by atoms with Gasteiger partial charge in [0.15, 0.2) is 0 Å². The van der Waals surface area contributed by atoms with Gasteiger partial charge >= 0.3 is 17.9 Å². The smallest absolute Gasteiger partial charge is 0.326 e. The Labute approximate surface area is 181 Å². The minimum atomic E-state index is -1.52. The van der Waals surface area contributed by atoms with Crippen LogP contribution in [0.1, 0.15) is 39.0 Å². The number of amides is 4. The van der Waals surface area contributed by atoms with E-state index in [1.165, 1.54) is 6.92 Å². The zero-order valence-corrected chi connectivity index (χ0v) is 17.2. The number of carbonyl (C=O) groups excluding carboxylic acids is 4. The zero-order valence-electron chi connectivity index (χ0n) is 17.2. The topological polar surface area (TPSA) is 268 Å². The maximum atomic E-state index is 12.5. The maximum Gasteiger partial charge on any atom is 0.326 e.